The second kappa shape index (κ2) is 5.30. The quantitative estimate of drug-likeness (QED) is 0.804. The third kappa shape index (κ3) is 2.48. The molecule has 0 atom stereocenters. The standard InChI is InChI=1S/C18H18N2O2/c1-11-4-6-14(8-12(11)2)18-19-15-9-13(10-17(21)22)5-7-16(15)20(18)3/h4-9H,10H2,1-3H3,(H,21,22). The molecule has 0 aliphatic carbocycles. The van der Waals surface area contributed by atoms with Gasteiger partial charge in [-0.2, -0.15) is 0 Å². The van der Waals surface area contributed by atoms with Crippen LogP contribution < -0.4 is 0 Å². The second-order valence-corrected chi connectivity index (χ2v) is 5.69. The highest BCUT2D eigenvalue weighted by molar-refractivity contribution is 5.82. The summed E-state index contributed by atoms with van der Waals surface area (Å²) in [6, 6.07) is 11.9. The van der Waals surface area contributed by atoms with Crippen LogP contribution in [-0.4, -0.2) is 20.6 Å². The molecule has 3 rings (SSSR count). The number of fused-ring (bicyclic) bond motifs is 1. The first-order chi connectivity index (χ1) is 10.5. The molecule has 4 nitrogen and oxygen atoms in total. The van der Waals surface area contributed by atoms with E-state index in [1.165, 1.54) is 11.1 Å². The van der Waals surface area contributed by atoms with Crippen molar-refractivity contribution in [3.8, 4) is 11.4 Å². The molecule has 0 amide bonds. The minimum Gasteiger partial charge on any atom is -0.481 e. The fraction of sp³-hybridized carbons (Fsp3) is 0.222. The molecule has 0 saturated heterocycles. The van der Waals surface area contributed by atoms with Crippen molar-refractivity contribution in [3.05, 3.63) is 53.1 Å². The maximum atomic E-state index is 10.8. The summed E-state index contributed by atoms with van der Waals surface area (Å²) < 4.78 is 2.05. The molecule has 0 saturated carbocycles. The number of benzene rings is 2. The van der Waals surface area contributed by atoms with Gasteiger partial charge < -0.3 is 9.67 Å². The number of imidazole rings is 1. The number of hydrogen-bond donors (Lipinski definition) is 1. The van der Waals surface area contributed by atoms with Gasteiger partial charge in [0.1, 0.15) is 5.82 Å². The Balaban J connectivity index is 2.12. The summed E-state index contributed by atoms with van der Waals surface area (Å²) in [5, 5.41) is 8.91. The Labute approximate surface area is 129 Å². The van der Waals surface area contributed by atoms with Crippen LogP contribution in [-0.2, 0) is 18.3 Å². The first kappa shape index (κ1) is 14.3. The van der Waals surface area contributed by atoms with Gasteiger partial charge in [-0.3, -0.25) is 4.79 Å². The lowest BCUT2D eigenvalue weighted by Gasteiger charge is -2.05. The summed E-state index contributed by atoms with van der Waals surface area (Å²) in [6.45, 7) is 4.18. The molecular weight excluding hydrogens is 276 g/mol. The number of nitrogens with zero attached hydrogens (tertiary/aromatic N) is 2. The number of aromatic nitrogens is 2. The summed E-state index contributed by atoms with van der Waals surface area (Å²) >= 11 is 0. The Hall–Kier alpha value is -2.62. The van der Waals surface area contributed by atoms with E-state index in [1.807, 2.05) is 29.8 Å². The highest BCUT2D eigenvalue weighted by Crippen LogP contribution is 2.26. The molecule has 112 valence electrons. The normalized spacial score (nSPS) is 11.0. The van der Waals surface area contributed by atoms with E-state index in [1.54, 1.807) is 0 Å². The van der Waals surface area contributed by atoms with Crippen LogP contribution in [0.15, 0.2) is 36.4 Å². The van der Waals surface area contributed by atoms with Crippen molar-refractivity contribution >= 4 is 17.0 Å². The summed E-state index contributed by atoms with van der Waals surface area (Å²) in [6.07, 6.45) is 0.0193. The number of carboxylic acid groups (broad SMARTS) is 1. The zero-order valence-corrected chi connectivity index (χ0v) is 12.9. The largest absolute Gasteiger partial charge is 0.481 e. The van der Waals surface area contributed by atoms with Crippen molar-refractivity contribution in [2.24, 2.45) is 7.05 Å². The molecule has 1 N–H and O–H groups in total. The van der Waals surface area contributed by atoms with Gasteiger partial charge >= 0.3 is 5.97 Å². The molecule has 0 fully saturated rings. The third-order valence-corrected chi connectivity index (χ3v) is 4.07. The highest BCUT2D eigenvalue weighted by atomic mass is 16.4. The average molecular weight is 294 g/mol. The predicted molar refractivity (Wildman–Crippen MR) is 87.0 cm³/mol. The van der Waals surface area contributed by atoms with Crippen molar-refractivity contribution in [1.82, 2.24) is 9.55 Å². The van der Waals surface area contributed by atoms with Crippen LogP contribution >= 0.6 is 0 Å². The van der Waals surface area contributed by atoms with Gasteiger partial charge in [-0.1, -0.05) is 18.2 Å². The summed E-state index contributed by atoms with van der Waals surface area (Å²) in [7, 11) is 1.98. The van der Waals surface area contributed by atoms with Crippen LogP contribution in [0.1, 0.15) is 16.7 Å². The monoisotopic (exact) mass is 294 g/mol. The smallest absolute Gasteiger partial charge is 0.307 e. The molecule has 0 unspecified atom stereocenters. The van der Waals surface area contributed by atoms with Crippen LogP contribution in [0.5, 0.6) is 0 Å². The Kier molecular flexibility index (Phi) is 3.45. The van der Waals surface area contributed by atoms with Gasteiger partial charge in [0.15, 0.2) is 0 Å². The number of rotatable bonds is 3. The minimum atomic E-state index is -0.829. The Morgan fingerprint density at radius 1 is 1.14 bits per heavy atom. The molecule has 0 aliphatic rings. The second-order valence-electron chi connectivity index (χ2n) is 5.69. The van der Waals surface area contributed by atoms with Gasteiger partial charge in [-0.25, -0.2) is 4.98 Å². The average Bonchev–Trinajstić information content (AvgIpc) is 2.78. The zero-order chi connectivity index (χ0) is 15.9. The van der Waals surface area contributed by atoms with Crippen LogP contribution in [0.25, 0.3) is 22.4 Å². The molecule has 2 aromatic carbocycles. The predicted octanol–water partition coefficient (Wildman–Crippen LogP) is 3.48. The maximum Gasteiger partial charge on any atom is 0.307 e. The van der Waals surface area contributed by atoms with Gasteiger partial charge in [-0.05, 0) is 48.7 Å². The zero-order valence-electron chi connectivity index (χ0n) is 12.9. The third-order valence-electron chi connectivity index (χ3n) is 4.07. The number of hydrogen-bond acceptors (Lipinski definition) is 2. The summed E-state index contributed by atoms with van der Waals surface area (Å²) in [5.41, 5.74) is 6.16. The Bertz CT molecular complexity index is 878. The van der Waals surface area contributed by atoms with Crippen molar-refractivity contribution in [1.29, 1.82) is 0 Å². The molecule has 0 bridgehead atoms. The number of aryl methyl sites for hydroxylation is 3. The summed E-state index contributed by atoms with van der Waals surface area (Å²) in [4.78, 5) is 15.5. The van der Waals surface area contributed by atoms with E-state index >= 15 is 0 Å². The molecule has 0 radical (unpaired) electrons. The van der Waals surface area contributed by atoms with Crippen LogP contribution in [0, 0.1) is 13.8 Å². The molecular formula is C18H18N2O2. The highest BCUT2D eigenvalue weighted by Gasteiger charge is 2.11. The first-order valence-corrected chi connectivity index (χ1v) is 7.20. The molecule has 22 heavy (non-hydrogen) atoms. The van der Waals surface area contributed by atoms with Crippen molar-refractivity contribution in [3.63, 3.8) is 0 Å². The van der Waals surface area contributed by atoms with Crippen LogP contribution in [0.4, 0.5) is 0 Å². The molecule has 0 aliphatic heterocycles. The van der Waals surface area contributed by atoms with E-state index < -0.39 is 5.97 Å². The minimum absolute atomic E-state index is 0.0193. The van der Waals surface area contributed by atoms with Crippen molar-refractivity contribution in [2.45, 2.75) is 20.3 Å². The molecule has 3 aromatic rings. The SMILES string of the molecule is Cc1ccc(-c2nc3cc(CC(=O)O)ccc3n2C)cc1C. The van der Waals surface area contributed by atoms with Crippen LogP contribution in [0.2, 0.25) is 0 Å². The van der Waals surface area contributed by atoms with E-state index in [4.69, 9.17) is 10.1 Å². The maximum absolute atomic E-state index is 10.8. The van der Waals surface area contributed by atoms with Crippen LogP contribution in [0.3, 0.4) is 0 Å². The lowest BCUT2D eigenvalue weighted by Crippen LogP contribution is -1.99. The topological polar surface area (TPSA) is 55.1 Å². The lowest BCUT2D eigenvalue weighted by atomic mass is 10.1. The first-order valence-electron chi connectivity index (χ1n) is 7.20. The van der Waals surface area contributed by atoms with E-state index in [-0.39, 0.29) is 6.42 Å². The van der Waals surface area contributed by atoms with Gasteiger partial charge in [0.2, 0.25) is 0 Å². The van der Waals surface area contributed by atoms with Crippen molar-refractivity contribution in [2.75, 3.05) is 0 Å². The Morgan fingerprint density at radius 2 is 1.91 bits per heavy atom. The Morgan fingerprint density at radius 3 is 2.59 bits per heavy atom. The molecule has 0 spiro atoms. The molecule has 1 heterocycles. The fourth-order valence-corrected chi connectivity index (χ4v) is 2.67. The number of aliphatic carboxylic acids is 1. The summed E-state index contributed by atoms with van der Waals surface area (Å²) in [5.74, 6) is 0.0650. The van der Waals surface area contributed by atoms with E-state index in [2.05, 4.69) is 32.0 Å². The van der Waals surface area contributed by atoms with Gasteiger partial charge in [0, 0.05) is 12.6 Å². The van der Waals surface area contributed by atoms with Crippen molar-refractivity contribution < 1.29 is 9.90 Å². The lowest BCUT2D eigenvalue weighted by molar-refractivity contribution is -0.136. The molecule has 1 aromatic heterocycles. The molecule has 4 heteroatoms. The fourth-order valence-electron chi connectivity index (χ4n) is 2.67. The number of carbonyl (C=O) groups is 1. The van der Waals surface area contributed by atoms with Gasteiger partial charge in [0.25, 0.3) is 0 Å². The van der Waals surface area contributed by atoms with Gasteiger partial charge in [0.05, 0.1) is 17.5 Å². The van der Waals surface area contributed by atoms with Gasteiger partial charge in [-0.15, -0.1) is 0 Å². The van der Waals surface area contributed by atoms with E-state index in [0.29, 0.717) is 0 Å². The van der Waals surface area contributed by atoms with E-state index in [0.717, 1.165) is 28.0 Å². The van der Waals surface area contributed by atoms with E-state index in [9.17, 15) is 4.79 Å². The number of carboxylic acids is 1.